The van der Waals surface area contributed by atoms with Gasteiger partial charge in [-0.3, -0.25) is 0 Å². The zero-order valence-corrected chi connectivity index (χ0v) is 12.0. The van der Waals surface area contributed by atoms with Crippen molar-refractivity contribution < 1.29 is 0 Å². The molecule has 0 bridgehead atoms. The number of hydrogen-bond donors (Lipinski definition) is 1. The first-order chi connectivity index (χ1) is 8.76. The summed E-state index contributed by atoms with van der Waals surface area (Å²) in [7, 11) is 0. The SMILES string of the molecule is CCC(CC)CN(CC)c1ncccc1CCN. The standard InChI is InChI=1S/C15H27N3/c1-4-13(5-2)12-18(6-3)15-14(9-10-16)8-7-11-17-15/h7-8,11,13H,4-6,9-10,12,16H2,1-3H3. The molecule has 0 radical (unpaired) electrons. The van der Waals surface area contributed by atoms with Crippen molar-refractivity contribution in [2.45, 2.75) is 40.0 Å². The van der Waals surface area contributed by atoms with E-state index in [1.54, 1.807) is 0 Å². The molecule has 0 aromatic carbocycles. The molecule has 1 heterocycles. The highest BCUT2D eigenvalue weighted by atomic mass is 15.2. The van der Waals surface area contributed by atoms with Crippen molar-refractivity contribution in [3.05, 3.63) is 23.9 Å². The van der Waals surface area contributed by atoms with Crippen LogP contribution >= 0.6 is 0 Å². The van der Waals surface area contributed by atoms with E-state index in [4.69, 9.17) is 5.73 Å². The van der Waals surface area contributed by atoms with Gasteiger partial charge in [-0.15, -0.1) is 0 Å². The number of aromatic nitrogens is 1. The lowest BCUT2D eigenvalue weighted by Crippen LogP contribution is -2.30. The second kappa shape index (κ2) is 8.09. The summed E-state index contributed by atoms with van der Waals surface area (Å²) in [6.45, 7) is 9.51. The van der Waals surface area contributed by atoms with Crippen LogP contribution in [-0.2, 0) is 6.42 Å². The Balaban J connectivity index is 2.86. The first-order valence-electron chi connectivity index (χ1n) is 7.15. The molecule has 0 fully saturated rings. The molecule has 102 valence electrons. The predicted molar refractivity (Wildman–Crippen MR) is 79.0 cm³/mol. The molecular formula is C15H27N3. The summed E-state index contributed by atoms with van der Waals surface area (Å²) in [5.41, 5.74) is 6.95. The summed E-state index contributed by atoms with van der Waals surface area (Å²) in [6.07, 6.45) is 5.24. The molecule has 0 aliphatic rings. The lowest BCUT2D eigenvalue weighted by molar-refractivity contribution is 0.484. The van der Waals surface area contributed by atoms with E-state index in [1.165, 1.54) is 18.4 Å². The molecule has 18 heavy (non-hydrogen) atoms. The molecule has 0 saturated carbocycles. The van der Waals surface area contributed by atoms with Crippen molar-refractivity contribution in [3.63, 3.8) is 0 Å². The van der Waals surface area contributed by atoms with Gasteiger partial charge in [0.2, 0.25) is 0 Å². The van der Waals surface area contributed by atoms with Crippen LogP contribution in [0.5, 0.6) is 0 Å². The zero-order chi connectivity index (χ0) is 13.4. The lowest BCUT2D eigenvalue weighted by atomic mass is 10.0. The average Bonchev–Trinajstić information content (AvgIpc) is 2.42. The third-order valence-corrected chi connectivity index (χ3v) is 3.60. The van der Waals surface area contributed by atoms with Crippen molar-refractivity contribution in [3.8, 4) is 0 Å². The fourth-order valence-electron chi connectivity index (χ4n) is 2.29. The molecule has 1 aromatic rings. The summed E-state index contributed by atoms with van der Waals surface area (Å²) < 4.78 is 0. The molecular weight excluding hydrogens is 222 g/mol. The van der Waals surface area contributed by atoms with E-state index in [0.717, 1.165) is 31.2 Å². The number of nitrogens with two attached hydrogens (primary N) is 1. The number of pyridine rings is 1. The van der Waals surface area contributed by atoms with Gasteiger partial charge in [-0.2, -0.15) is 0 Å². The van der Waals surface area contributed by atoms with Crippen LogP contribution in [0, 0.1) is 5.92 Å². The van der Waals surface area contributed by atoms with Crippen molar-refractivity contribution in [2.24, 2.45) is 11.7 Å². The second-order valence-electron chi connectivity index (χ2n) is 4.75. The van der Waals surface area contributed by atoms with E-state index in [1.807, 2.05) is 12.3 Å². The quantitative estimate of drug-likeness (QED) is 0.770. The fraction of sp³-hybridized carbons (Fsp3) is 0.667. The summed E-state index contributed by atoms with van der Waals surface area (Å²) in [5, 5.41) is 0. The highest BCUT2D eigenvalue weighted by Gasteiger charge is 2.14. The van der Waals surface area contributed by atoms with Crippen LogP contribution in [0.1, 0.15) is 39.2 Å². The number of nitrogens with zero attached hydrogens (tertiary/aromatic N) is 2. The van der Waals surface area contributed by atoms with Gasteiger partial charge in [0.15, 0.2) is 0 Å². The van der Waals surface area contributed by atoms with Gasteiger partial charge in [0, 0.05) is 19.3 Å². The average molecular weight is 249 g/mol. The molecule has 0 atom stereocenters. The predicted octanol–water partition coefficient (Wildman–Crippen LogP) is 2.85. The van der Waals surface area contributed by atoms with Crippen LogP contribution in [0.2, 0.25) is 0 Å². The molecule has 0 unspecified atom stereocenters. The molecule has 0 aliphatic carbocycles. The van der Waals surface area contributed by atoms with Crippen LogP contribution in [0.15, 0.2) is 18.3 Å². The van der Waals surface area contributed by atoms with Crippen LogP contribution < -0.4 is 10.6 Å². The smallest absolute Gasteiger partial charge is 0.131 e. The normalized spacial score (nSPS) is 10.9. The summed E-state index contributed by atoms with van der Waals surface area (Å²) in [5.74, 6) is 1.87. The molecule has 0 amide bonds. The van der Waals surface area contributed by atoms with Crippen molar-refractivity contribution in [1.82, 2.24) is 4.98 Å². The Hall–Kier alpha value is -1.09. The Kier molecular flexibility index (Phi) is 6.73. The highest BCUT2D eigenvalue weighted by molar-refractivity contribution is 5.46. The molecule has 0 aliphatic heterocycles. The topological polar surface area (TPSA) is 42.2 Å². The van der Waals surface area contributed by atoms with Gasteiger partial charge in [0.05, 0.1) is 0 Å². The molecule has 3 nitrogen and oxygen atoms in total. The Labute approximate surface area is 111 Å². The first-order valence-corrected chi connectivity index (χ1v) is 7.15. The molecule has 0 spiro atoms. The van der Waals surface area contributed by atoms with E-state index in [0.29, 0.717) is 6.54 Å². The third kappa shape index (κ3) is 3.98. The Morgan fingerprint density at radius 3 is 2.56 bits per heavy atom. The minimum Gasteiger partial charge on any atom is -0.356 e. The number of anilines is 1. The van der Waals surface area contributed by atoms with Gasteiger partial charge in [-0.05, 0) is 37.4 Å². The Morgan fingerprint density at radius 2 is 2.00 bits per heavy atom. The minimum absolute atomic E-state index is 0.682. The van der Waals surface area contributed by atoms with Gasteiger partial charge in [-0.25, -0.2) is 4.98 Å². The summed E-state index contributed by atoms with van der Waals surface area (Å²) in [4.78, 5) is 6.95. The Bertz CT molecular complexity index is 334. The summed E-state index contributed by atoms with van der Waals surface area (Å²) >= 11 is 0. The monoisotopic (exact) mass is 249 g/mol. The largest absolute Gasteiger partial charge is 0.356 e. The van der Waals surface area contributed by atoms with E-state index < -0.39 is 0 Å². The number of rotatable bonds is 8. The Morgan fingerprint density at radius 1 is 1.28 bits per heavy atom. The maximum absolute atomic E-state index is 5.68. The first kappa shape index (κ1) is 15.0. The maximum Gasteiger partial charge on any atom is 0.131 e. The molecule has 1 aromatic heterocycles. The minimum atomic E-state index is 0.682. The van der Waals surface area contributed by atoms with E-state index in [-0.39, 0.29) is 0 Å². The zero-order valence-electron chi connectivity index (χ0n) is 12.0. The van der Waals surface area contributed by atoms with Gasteiger partial charge in [0.25, 0.3) is 0 Å². The highest BCUT2D eigenvalue weighted by Crippen LogP contribution is 2.20. The molecule has 3 heteroatoms. The summed E-state index contributed by atoms with van der Waals surface area (Å²) in [6, 6.07) is 4.14. The number of hydrogen-bond acceptors (Lipinski definition) is 3. The lowest BCUT2D eigenvalue weighted by Gasteiger charge is -2.28. The fourth-order valence-corrected chi connectivity index (χ4v) is 2.29. The van der Waals surface area contributed by atoms with Crippen LogP contribution in [0.25, 0.3) is 0 Å². The van der Waals surface area contributed by atoms with E-state index >= 15 is 0 Å². The van der Waals surface area contributed by atoms with Crippen LogP contribution in [-0.4, -0.2) is 24.6 Å². The maximum atomic E-state index is 5.68. The second-order valence-corrected chi connectivity index (χ2v) is 4.75. The molecule has 2 N–H and O–H groups in total. The van der Waals surface area contributed by atoms with Crippen molar-refractivity contribution in [1.29, 1.82) is 0 Å². The van der Waals surface area contributed by atoms with Gasteiger partial charge in [-0.1, -0.05) is 32.8 Å². The van der Waals surface area contributed by atoms with Crippen molar-refractivity contribution in [2.75, 3.05) is 24.5 Å². The molecule has 1 rings (SSSR count). The van der Waals surface area contributed by atoms with Gasteiger partial charge >= 0.3 is 0 Å². The van der Waals surface area contributed by atoms with E-state index in [9.17, 15) is 0 Å². The van der Waals surface area contributed by atoms with E-state index in [2.05, 4.69) is 36.7 Å². The third-order valence-electron chi connectivity index (χ3n) is 3.60. The molecule has 0 saturated heterocycles. The van der Waals surface area contributed by atoms with Crippen LogP contribution in [0.4, 0.5) is 5.82 Å². The van der Waals surface area contributed by atoms with Gasteiger partial charge < -0.3 is 10.6 Å². The van der Waals surface area contributed by atoms with Gasteiger partial charge in [0.1, 0.15) is 5.82 Å². The van der Waals surface area contributed by atoms with Crippen molar-refractivity contribution >= 4 is 5.82 Å². The van der Waals surface area contributed by atoms with Crippen LogP contribution in [0.3, 0.4) is 0 Å².